The third-order valence-corrected chi connectivity index (χ3v) is 2.83. The number of amides is 3. The number of anilines is 1. The van der Waals surface area contributed by atoms with Gasteiger partial charge in [-0.2, -0.15) is 0 Å². The van der Waals surface area contributed by atoms with Crippen molar-refractivity contribution in [3.8, 4) is 11.5 Å². The molecule has 0 radical (unpaired) electrons. The Morgan fingerprint density at radius 2 is 1.90 bits per heavy atom. The Hall–Kier alpha value is -2.44. The number of hydrogen-bond donors (Lipinski definition) is 3. The second-order valence-corrected chi connectivity index (χ2v) is 4.46. The van der Waals surface area contributed by atoms with Crippen LogP contribution in [0.4, 0.5) is 10.5 Å². The zero-order valence-corrected chi connectivity index (χ0v) is 12.3. The van der Waals surface area contributed by atoms with Crippen LogP contribution in [0.15, 0.2) is 12.1 Å². The van der Waals surface area contributed by atoms with Gasteiger partial charge >= 0.3 is 6.03 Å². The molecule has 0 aliphatic carbocycles. The first-order chi connectivity index (χ1) is 9.99. The highest BCUT2D eigenvalue weighted by molar-refractivity contribution is 6.03. The molecule has 0 aliphatic rings. The van der Waals surface area contributed by atoms with Gasteiger partial charge in [0, 0.05) is 6.07 Å². The fraction of sp³-hybridized carbons (Fsp3) is 0.429. The maximum atomic E-state index is 11.4. The molecule has 0 saturated heterocycles. The predicted molar refractivity (Wildman–Crippen MR) is 79.7 cm³/mol. The van der Waals surface area contributed by atoms with E-state index in [2.05, 4.69) is 12.2 Å². The monoisotopic (exact) mass is 295 g/mol. The van der Waals surface area contributed by atoms with Gasteiger partial charge in [-0.25, -0.2) is 4.79 Å². The molecule has 116 valence electrons. The molecule has 0 fully saturated rings. The number of ether oxygens (including phenoxy) is 2. The van der Waals surface area contributed by atoms with Gasteiger partial charge in [0.05, 0.1) is 25.0 Å². The smallest absolute Gasteiger partial charge is 0.316 e. The van der Waals surface area contributed by atoms with E-state index in [1.54, 1.807) is 0 Å². The minimum Gasteiger partial charge on any atom is -0.493 e. The third-order valence-electron chi connectivity index (χ3n) is 2.83. The van der Waals surface area contributed by atoms with Crippen molar-refractivity contribution in [1.29, 1.82) is 0 Å². The van der Waals surface area contributed by atoms with E-state index in [0.717, 1.165) is 19.3 Å². The number of primary amides is 2. The van der Waals surface area contributed by atoms with Gasteiger partial charge in [-0.05, 0) is 12.5 Å². The van der Waals surface area contributed by atoms with E-state index in [1.807, 2.05) is 0 Å². The minimum atomic E-state index is -0.792. The largest absolute Gasteiger partial charge is 0.493 e. The summed E-state index contributed by atoms with van der Waals surface area (Å²) in [5.41, 5.74) is 10.7. The van der Waals surface area contributed by atoms with Gasteiger partial charge < -0.3 is 26.3 Å². The molecule has 0 heterocycles. The molecular weight excluding hydrogens is 274 g/mol. The molecule has 3 amide bonds. The topological polar surface area (TPSA) is 117 Å². The van der Waals surface area contributed by atoms with Gasteiger partial charge in [0.1, 0.15) is 0 Å². The number of carbonyl (C=O) groups excluding carboxylic acids is 2. The first kappa shape index (κ1) is 16.6. The van der Waals surface area contributed by atoms with E-state index < -0.39 is 11.9 Å². The number of urea groups is 1. The van der Waals surface area contributed by atoms with Crippen molar-refractivity contribution in [3.63, 3.8) is 0 Å². The molecule has 0 atom stereocenters. The summed E-state index contributed by atoms with van der Waals surface area (Å²) >= 11 is 0. The molecule has 0 unspecified atom stereocenters. The second kappa shape index (κ2) is 7.98. The molecule has 1 aromatic rings. The number of unbranched alkanes of at least 4 members (excludes halogenated alkanes) is 2. The Balaban J connectivity index is 3.05. The average molecular weight is 295 g/mol. The van der Waals surface area contributed by atoms with Crippen LogP contribution in [-0.4, -0.2) is 25.7 Å². The van der Waals surface area contributed by atoms with Gasteiger partial charge in [-0.3, -0.25) is 4.79 Å². The first-order valence-corrected chi connectivity index (χ1v) is 6.70. The van der Waals surface area contributed by atoms with Crippen LogP contribution in [0.3, 0.4) is 0 Å². The molecule has 7 nitrogen and oxygen atoms in total. The molecule has 1 aromatic carbocycles. The number of carbonyl (C=O) groups is 2. The molecule has 5 N–H and O–H groups in total. The summed E-state index contributed by atoms with van der Waals surface area (Å²) in [6.45, 7) is 2.60. The summed E-state index contributed by atoms with van der Waals surface area (Å²) in [7, 11) is 1.46. The van der Waals surface area contributed by atoms with Crippen LogP contribution >= 0.6 is 0 Å². The van der Waals surface area contributed by atoms with Crippen LogP contribution in [0.1, 0.15) is 36.5 Å². The summed E-state index contributed by atoms with van der Waals surface area (Å²) in [6.07, 6.45) is 3.03. The predicted octanol–water partition coefficient (Wildman–Crippen LogP) is 1.85. The van der Waals surface area contributed by atoms with Crippen molar-refractivity contribution in [2.75, 3.05) is 19.0 Å². The SMILES string of the molecule is CCCCCOc1cc(NC(N)=O)c(C(N)=O)cc1OC. The zero-order valence-electron chi connectivity index (χ0n) is 12.3. The fourth-order valence-electron chi connectivity index (χ4n) is 1.81. The lowest BCUT2D eigenvalue weighted by Gasteiger charge is -2.15. The highest BCUT2D eigenvalue weighted by Crippen LogP contribution is 2.33. The van der Waals surface area contributed by atoms with Crippen LogP contribution in [0.25, 0.3) is 0 Å². The molecule has 1 rings (SSSR count). The maximum Gasteiger partial charge on any atom is 0.316 e. The fourth-order valence-corrected chi connectivity index (χ4v) is 1.81. The van der Waals surface area contributed by atoms with Crippen LogP contribution in [0.5, 0.6) is 11.5 Å². The van der Waals surface area contributed by atoms with Gasteiger partial charge in [0.25, 0.3) is 5.91 Å². The van der Waals surface area contributed by atoms with E-state index in [4.69, 9.17) is 20.9 Å². The number of rotatable bonds is 8. The number of methoxy groups -OCH3 is 1. The number of nitrogens with one attached hydrogen (secondary N) is 1. The molecular formula is C14H21N3O4. The summed E-state index contributed by atoms with van der Waals surface area (Å²) < 4.78 is 10.8. The van der Waals surface area contributed by atoms with E-state index in [0.29, 0.717) is 18.1 Å². The van der Waals surface area contributed by atoms with Crippen molar-refractivity contribution < 1.29 is 19.1 Å². The minimum absolute atomic E-state index is 0.103. The van der Waals surface area contributed by atoms with Crippen LogP contribution in [-0.2, 0) is 0 Å². The van der Waals surface area contributed by atoms with Crippen molar-refractivity contribution in [1.82, 2.24) is 0 Å². The standard InChI is InChI=1S/C14H21N3O4/c1-3-4-5-6-21-12-8-10(17-14(16)19)9(13(15)18)7-11(12)20-2/h7-8H,3-6H2,1-2H3,(H2,15,18)(H3,16,17,19). The molecule has 0 bridgehead atoms. The molecule has 0 spiro atoms. The molecule has 0 aliphatic heterocycles. The number of nitrogens with two attached hydrogens (primary N) is 2. The van der Waals surface area contributed by atoms with Crippen LogP contribution in [0.2, 0.25) is 0 Å². The van der Waals surface area contributed by atoms with Crippen molar-refractivity contribution in [3.05, 3.63) is 17.7 Å². The molecule has 0 saturated carbocycles. The zero-order chi connectivity index (χ0) is 15.8. The highest BCUT2D eigenvalue weighted by atomic mass is 16.5. The Morgan fingerprint density at radius 3 is 2.43 bits per heavy atom. The van der Waals surface area contributed by atoms with Crippen molar-refractivity contribution in [2.45, 2.75) is 26.2 Å². The van der Waals surface area contributed by atoms with E-state index >= 15 is 0 Å². The lowest BCUT2D eigenvalue weighted by molar-refractivity contribution is 0.100. The quantitative estimate of drug-likeness (QED) is 0.634. The molecule has 7 heteroatoms. The van der Waals surface area contributed by atoms with E-state index in [9.17, 15) is 9.59 Å². The normalized spacial score (nSPS) is 10.0. The van der Waals surface area contributed by atoms with Gasteiger partial charge in [0.15, 0.2) is 11.5 Å². The third kappa shape index (κ3) is 4.87. The molecule has 21 heavy (non-hydrogen) atoms. The Bertz CT molecular complexity index is 517. The summed E-state index contributed by atoms with van der Waals surface area (Å²) in [6, 6.07) is 2.11. The van der Waals surface area contributed by atoms with Gasteiger partial charge in [-0.15, -0.1) is 0 Å². The van der Waals surface area contributed by atoms with Gasteiger partial charge in [-0.1, -0.05) is 19.8 Å². The summed E-state index contributed by atoms with van der Waals surface area (Å²) in [5, 5.41) is 2.35. The Kier molecular flexibility index (Phi) is 6.32. The maximum absolute atomic E-state index is 11.4. The Morgan fingerprint density at radius 1 is 1.19 bits per heavy atom. The van der Waals surface area contributed by atoms with Crippen molar-refractivity contribution >= 4 is 17.6 Å². The molecule has 0 aromatic heterocycles. The summed E-state index contributed by atoms with van der Waals surface area (Å²) in [5.74, 6) is 0.0901. The van der Waals surface area contributed by atoms with Crippen molar-refractivity contribution in [2.24, 2.45) is 11.5 Å². The van der Waals surface area contributed by atoms with Gasteiger partial charge in [0.2, 0.25) is 0 Å². The number of hydrogen-bond acceptors (Lipinski definition) is 4. The average Bonchev–Trinajstić information content (AvgIpc) is 2.42. The summed E-state index contributed by atoms with van der Waals surface area (Å²) in [4.78, 5) is 22.4. The first-order valence-electron chi connectivity index (χ1n) is 6.70. The van der Waals surface area contributed by atoms with E-state index in [1.165, 1.54) is 19.2 Å². The van der Waals surface area contributed by atoms with E-state index in [-0.39, 0.29) is 11.3 Å². The second-order valence-electron chi connectivity index (χ2n) is 4.46. The number of benzene rings is 1. The Labute approximate surface area is 123 Å². The lowest BCUT2D eigenvalue weighted by Crippen LogP contribution is -2.23. The van der Waals surface area contributed by atoms with Crippen LogP contribution in [0, 0.1) is 0 Å². The highest BCUT2D eigenvalue weighted by Gasteiger charge is 2.16. The lowest BCUT2D eigenvalue weighted by atomic mass is 10.1. The van der Waals surface area contributed by atoms with Crippen LogP contribution < -0.4 is 26.3 Å².